The number of likely N-dealkylation sites (tertiary alicyclic amines) is 1. The lowest BCUT2D eigenvalue weighted by molar-refractivity contribution is -0.0721. The highest BCUT2D eigenvalue weighted by Gasteiger charge is 2.24. The Balaban J connectivity index is 1.53. The fourth-order valence-corrected chi connectivity index (χ4v) is 4.27. The summed E-state index contributed by atoms with van der Waals surface area (Å²) in [4.78, 5) is 9.40. The summed E-state index contributed by atoms with van der Waals surface area (Å²) in [6.07, 6.45) is 6.15. The van der Waals surface area contributed by atoms with Crippen molar-refractivity contribution in [3.05, 3.63) is 35.6 Å². The van der Waals surface area contributed by atoms with Crippen LogP contribution >= 0.6 is 0 Å². The number of hydrogen-bond donors (Lipinski definition) is 1. The minimum atomic E-state index is -0.210. The lowest BCUT2D eigenvalue weighted by atomic mass is 10.1. The van der Waals surface area contributed by atoms with E-state index in [1.807, 2.05) is 26.2 Å². The molecule has 31 heavy (non-hydrogen) atoms. The summed E-state index contributed by atoms with van der Waals surface area (Å²) in [6.45, 7) is 7.02. The van der Waals surface area contributed by atoms with Crippen LogP contribution < -0.4 is 5.32 Å². The van der Waals surface area contributed by atoms with Crippen LogP contribution in [-0.4, -0.2) is 81.5 Å². The molecule has 0 bridgehead atoms. The number of piperidine rings is 1. The number of halogens is 1. The second-order valence-corrected chi connectivity index (χ2v) is 8.73. The van der Waals surface area contributed by atoms with Gasteiger partial charge < -0.3 is 24.6 Å². The number of guanidine groups is 1. The fraction of sp³-hybridized carbons (Fsp3) is 0.708. The van der Waals surface area contributed by atoms with Gasteiger partial charge in [0.05, 0.1) is 31.4 Å². The Morgan fingerprint density at radius 2 is 1.97 bits per heavy atom. The first-order valence-electron chi connectivity index (χ1n) is 11.7. The molecular formula is C24H39FN4O2. The molecule has 6 nitrogen and oxygen atoms in total. The van der Waals surface area contributed by atoms with Crippen molar-refractivity contribution in [2.45, 2.75) is 57.3 Å². The van der Waals surface area contributed by atoms with Crippen LogP contribution in [0.5, 0.6) is 0 Å². The molecule has 0 saturated carbocycles. The zero-order chi connectivity index (χ0) is 22.1. The van der Waals surface area contributed by atoms with E-state index in [9.17, 15) is 4.39 Å². The maximum atomic E-state index is 13.3. The summed E-state index contributed by atoms with van der Waals surface area (Å²) in [5.74, 6) is 0.740. The minimum Gasteiger partial charge on any atom is -0.376 e. The predicted octanol–water partition coefficient (Wildman–Crippen LogP) is 3.44. The Morgan fingerprint density at radius 1 is 1.23 bits per heavy atom. The molecule has 3 rings (SSSR count). The van der Waals surface area contributed by atoms with E-state index >= 15 is 0 Å². The van der Waals surface area contributed by atoms with Crippen LogP contribution in [0.25, 0.3) is 0 Å². The van der Waals surface area contributed by atoms with E-state index in [-0.39, 0.29) is 18.0 Å². The molecule has 7 heteroatoms. The Labute approximate surface area is 186 Å². The molecule has 0 aliphatic carbocycles. The second-order valence-electron chi connectivity index (χ2n) is 8.73. The van der Waals surface area contributed by atoms with Crippen LogP contribution in [0.1, 0.15) is 50.6 Å². The molecule has 1 N–H and O–H groups in total. The van der Waals surface area contributed by atoms with Gasteiger partial charge in [-0.15, -0.1) is 0 Å². The molecule has 0 radical (unpaired) electrons. The molecule has 2 heterocycles. The first-order chi connectivity index (χ1) is 15.1. The summed E-state index contributed by atoms with van der Waals surface area (Å²) in [5, 5.41) is 3.44. The molecule has 2 atom stereocenters. The number of ether oxygens (including phenoxy) is 2. The van der Waals surface area contributed by atoms with E-state index in [1.165, 1.54) is 25.0 Å². The molecular weight excluding hydrogens is 395 g/mol. The summed E-state index contributed by atoms with van der Waals surface area (Å²) in [7, 11) is 4.07. The maximum absolute atomic E-state index is 13.3. The standard InChI is InChI=1S/C24H39FN4O2/c1-4-26-24(27-17-23(28(2)3)19-8-10-20(25)11-9-19)29-14-12-21(13-15-29)31-18-22-7-5-6-16-30-22/h8-11,21-23H,4-7,12-18H2,1-3H3,(H,26,27). The highest BCUT2D eigenvalue weighted by atomic mass is 19.1. The molecule has 2 aliphatic rings. The van der Waals surface area contributed by atoms with Crippen molar-refractivity contribution >= 4 is 5.96 Å². The number of rotatable bonds is 8. The monoisotopic (exact) mass is 434 g/mol. The van der Waals surface area contributed by atoms with Crippen LogP contribution in [0.4, 0.5) is 4.39 Å². The third kappa shape index (κ3) is 7.44. The van der Waals surface area contributed by atoms with Crippen molar-refractivity contribution in [3.63, 3.8) is 0 Å². The smallest absolute Gasteiger partial charge is 0.193 e. The first-order valence-corrected chi connectivity index (χ1v) is 11.7. The highest BCUT2D eigenvalue weighted by Crippen LogP contribution is 2.21. The van der Waals surface area contributed by atoms with Crippen LogP contribution in [0.15, 0.2) is 29.3 Å². The van der Waals surface area contributed by atoms with Gasteiger partial charge in [-0.1, -0.05) is 12.1 Å². The minimum absolute atomic E-state index is 0.102. The molecule has 1 aromatic carbocycles. The number of nitrogens with zero attached hydrogens (tertiary/aromatic N) is 3. The van der Waals surface area contributed by atoms with Crippen molar-refractivity contribution in [2.24, 2.45) is 4.99 Å². The SMILES string of the molecule is CCNC(=NCC(c1ccc(F)cc1)N(C)C)N1CCC(OCC2CCCCO2)CC1. The van der Waals surface area contributed by atoms with Gasteiger partial charge in [0.15, 0.2) is 5.96 Å². The van der Waals surface area contributed by atoms with E-state index < -0.39 is 0 Å². The van der Waals surface area contributed by atoms with Crippen molar-refractivity contribution in [1.82, 2.24) is 15.1 Å². The van der Waals surface area contributed by atoms with Crippen LogP contribution in [-0.2, 0) is 9.47 Å². The lowest BCUT2D eigenvalue weighted by Gasteiger charge is -2.35. The molecule has 1 aromatic rings. The van der Waals surface area contributed by atoms with Gasteiger partial charge in [0.2, 0.25) is 0 Å². The Hall–Kier alpha value is -1.70. The Morgan fingerprint density at radius 3 is 2.58 bits per heavy atom. The number of benzene rings is 1. The van der Waals surface area contributed by atoms with E-state index in [2.05, 4.69) is 22.0 Å². The van der Waals surface area contributed by atoms with Gasteiger partial charge in [-0.3, -0.25) is 4.99 Å². The van der Waals surface area contributed by atoms with Crippen LogP contribution in [0.2, 0.25) is 0 Å². The number of aliphatic imine (C=N–C) groups is 1. The summed E-state index contributed by atoms with van der Waals surface area (Å²) in [5.41, 5.74) is 1.07. The summed E-state index contributed by atoms with van der Waals surface area (Å²) in [6, 6.07) is 6.83. The Kier molecular flexibility index (Phi) is 9.55. The number of likely N-dealkylation sites (N-methyl/N-ethyl adjacent to an activating group) is 1. The molecule has 0 spiro atoms. The number of hydrogen-bond acceptors (Lipinski definition) is 4. The van der Waals surface area contributed by atoms with Gasteiger partial charge in [0, 0.05) is 26.2 Å². The largest absolute Gasteiger partial charge is 0.376 e. The highest BCUT2D eigenvalue weighted by molar-refractivity contribution is 5.80. The summed E-state index contributed by atoms with van der Waals surface area (Å²) >= 11 is 0. The van der Waals surface area contributed by atoms with E-state index in [0.29, 0.717) is 12.6 Å². The van der Waals surface area contributed by atoms with E-state index in [4.69, 9.17) is 14.5 Å². The average molecular weight is 435 g/mol. The molecule has 2 aliphatic heterocycles. The molecule has 0 aromatic heterocycles. The van der Waals surface area contributed by atoms with Gasteiger partial charge >= 0.3 is 0 Å². The predicted molar refractivity (Wildman–Crippen MR) is 123 cm³/mol. The topological polar surface area (TPSA) is 49.3 Å². The lowest BCUT2D eigenvalue weighted by Crippen LogP contribution is -2.47. The van der Waals surface area contributed by atoms with Crippen molar-refractivity contribution in [2.75, 3.05) is 53.5 Å². The van der Waals surface area contributed by atoms with Gasteiger partial charge in [0.25, 0.3) is 0 Å². The average Bonchev–Trinajstić information content (AvgIpc) is 2.79. The summed E-state index contributed by atoms with van der Waals surface area (Å²) < 4.78 is 25.3. The molecule has 174 valence electrons. The van der Waals surface area contributed by atoms with Crippen LogP contribution in [0, 0.1) is 5.82 Å². The van der Waals surface area contributed by atoms with Crippen molar-refractivity contribution in [1.29, 1.82) is 0 Å². The van der Waals surface area contributed by atoms with Crippen LogP contribution in [0.3, 0.4) is 0 Å². The molecule has 2 unspecified atom stereocenters. The maximum Gasteiger partial charge on any atom is 0.193 e. The third-order valence-electron chi connectivity index (χ3n) is 6.16. The molecule has 2 saturated heterocycles. The molecule has 2 fully saturated rings. The van der Waals surface area contributed by atoms with E-state index in [0.717, 1.165) is 63.6 Å². The number of nitrogens with one attached hydrogen (secondary N) is 1. The quantitative estimate of drug-likeness (QED) is 0.502. The fourth-order valence-electron chi connectivity index (χ4n) is 4.27. The zero-order valence-electron chi connectivity index (χ0n) is 19.4. The second kappa shape index (κ2) is 12.4. The third-order valence-corrected chi connectivity index (χ3v) is 6.16. The molecule has 0 amide bonds. The van der Waals surface area contributed by atoms with Crippen molar-refractivity contribution < 1.29 is 13.9 Å². The van der Waals surface area contributed by atoms with Gasteiger partial charge in [-0.25, -0.2) is 4.39 Å². The van der Waals surface area contributed by atoms with Gasteiger partial charge in [-0.05, 0) is 70.8 Å². The normalized spacial score (nSPS) is 22.0. The first kappa shape index (κ1) is 24.0. The van der Waals surface area contributed by atoms with Gasteiger partial charge in [-0.2, -0.15) is 0 Å². The Bertz CT molecular complexity index is 669. The zero-order valence-corrected chi connectivity index (χ0v) is 19.4. The van der Waals surface area contributed by atoms with Gasteiger partial charge in [0.1, 0.15) is 5.82 Å². The van der Waals surface area contributed by atoms with Crippen molar-refractivity contribution in [3.8, 4) is 0 Å². The van der Waals surface area contributed by atoms with E-state index in [1.54, 1.807) is 0 Å².